The Hall–Kier alpha value is -1.12. The summed E-state index contributed by atoms with van der Waals surface area (Å²) in [4.78, 5) is 12.3. The highest BCUT2D eigenvalue weighted by atomic mass is 16.1. The number of hydrogen-bond acceptors (Lipinski definition) is 2. The third kappa shape index (κ3) is 1.71. The van der Waals surface area contributed by atoms with Crippen LogP contribution in [-0.4, -0.2) is 15.6 Å². The van der Waals surface area contributed by atoms with Gasteiger partial charge in [0.1, 0.15) is 0 Å². The molecule has 0 aromatic carbocycles. The van der Waals surface area contributed by atoms with Crippen LogP contribution in [0.5, 0.6) is 0 Å². The van der Waals surface area contributed by atoms with Crippen LogP contribution in [-0.2, 0) is 7.05 Å². The van der Waals surface area contributed by atoms with Crippen LogP contribution in [0.15, 0.2) is 12.4 Å². The summed E-state index contributed by atoms with van der Waals surface area (Å²) in [6.07, 6.45) is 7.14. The van der Waals surface area contributed by atoms with E-state index in [1.165, 1.54) is 19.3 Å². The molecule has 0 spiro atoms. The Morgan fingerprint density at radius 1 is 1.53 bits per heavy atom. The first kappa shape index (κ1) is 10.4. The fourth-order valence-electron chi connectivity index (χ4n) is 2.23. The quantitative estimate of drug-likeness (QED) is 0.712. The van der Waals surface area contributed by atoms with Crippen LogP contribution in [0, 0.1) is 11.3 Å². The van der Waals surface area contributed by atoms with Crippen LogP contribution >= 0.6 is 0 Å². The van der Waals surface area contributed by atoms with Crippen LogP contribution in [0.3, 0.4) is 0 Å². The maximum atomic E-state index is 12.3. The summed E-state index contributed by atoms with van der Waals surface area (Å²) in [5.74, 6) is 0.797. The Labute approximate surface area is 90.5 Å². The molecule has 0 saturated heterocycles. The normalized spacial score (nSPS) is 17.5. The lowest BCUT2D eigenvalue weighted by Gasteiger charge is -2.38. The van der Waals surface area contributed by atoms with Crippen molar-refractivity contribution >= 4 is 5.78 Å². The highest BCUT2D eigenvalue weighted by Gasteiger charge is 2.40. The Balaban J connectivity index is 2.19. The second-order valence-corrected chi connectivity index (χ2v) is 5.08. The van der Waals surface area contributed by atoms with Crippen molar-refractivity contribution in [2.24, 2.45) is 18.4 Å². The standard InChI is InChI=1S/C12H18N2O/c1-12(2,10-5-4-6-10)11(15)9-7-13-14(3)8-9/h7-8,10H,4-6H2,1-3H3. The van der Waals surface area contributed by atoms with Gasteiger partial charge in [-0.3, -0.25) is 9.48 Å². The number of hydrogen-bond donors (Lipinski definition) is 0. The molecule has 2 rings (SSSR count). The lowest BCUT2D eigenvalue weighted by atomic mass is 9.64. The van der Waals surface area contributed by atoms with Gasteiger partial charge in [-0.05, 0) is 18.8 Å². The van der Waals surface area contributed by atoms with E-state index in [1.54, 1.807) is 10.9 Å². The van der Waals surface area contributed by atoms with Crippen molar-refractivity contribution in [2.45, 2.75) is 33.1 Å². The maximum absolute atomic E-state index is 12.3. The number of aryl methyl sites for hydroxylation is 1. The van der Waals surface area contributed by atoms with Crippen molar-refractivity contribution in [3.05, 3.63) is 18.0 Å². The first-order chi connectivity index (χ1) is 7.01. The van der Waals surface area contributed by atoms with E-state index in [9.17, 15) is 4.79 Å². The highest BCUT2D eigenvalue weighted by molar-refractivity contribution is 5.99. The van der Waals surface area contributed by atoms with Gasteiger partial charge in [0.2, 0.25) is 0 Å². The van der Waals surface area contributed by atoms with Gasteiger partial charge in [0.05, 0.1) is 11.8 Å². The van der Waals surface area contributed by atoms with Gasteiger partial charge >= 0.3 is 0 Å². The van der Waals surface area contributed by atoms with E-state index in [0.29, 0.717) is 5.92 Å². The molecule has 1 aliphatic carbocycles. The molecule has 1 aliphatic rings. The van der Waals surface area contributed by atoms with Gasteiger partial charge in [0.25, 0.3) is 0 Å². The van der Waals surface area contributed by atoms with Crippen LogP contribution in [0.1, 0.15) is 43.5 Å². The van der Waals surface area contributed by atoms with Gasteiger partial charge in [-0.15, -0.1) is 0 Å². The van der Waals surface area contributed by atoms with E-state index in [-0.39, 0.29) is 11.2 Å². The van der Waals surface area contributed by atoms with Gasteiger partial charge in [-0.2, -0.15) is 5.10 Å². The molecule has 1 aromatic rings. The summed E-state index contributed by atoms with van der Waals surface area (Å²) < 4.78 is 1.68. The number of aromatic nitrogens is 2. The Bertz CT molecular complexity index is 375. The third-order valence-electron chi connectivity index (χ3n) is 3.68. The van der Waals surface area contributed by atoms with Crippen molar-refractivity contribution in [1.82, 2.24) is 9.78 Å². The molecule has 15 heavy (non-hydrogen) atoms. The summed E-state index contributed by atoms with van der Waals surface area (Å²) >= 11 is 0. The van der Waals surface area contributed by atoms with E-state index in [1.807, 2.05) is 13.2 Å². The average molecular weight is 206 g/mol. The maximum Gasteiger partial charge on any atom is 0.171 e. The Morgan fingerprint density at radius 3 is 2.60 bits per heavy atom. The van der Waals surface area contributed by atoms with Gasteiger partial charge in [-0.1, -0.05) is 20.3 Å². The van der Waals surface area contributed by atoms with E-state index in [0.717, 1.165) is 5.56 Å². The minimum Gasteiger partial charge on any atom is -0.293 e. The summed E-state index contributed by atoms with van der Waals surface area (Å²) in [7, 11) is 1.84. The highest BCUT2D eigenvalue weighted by Crippen LogP contribution is 2.43. The van der Waals surface area contributed by atoms with Gasteiger partial charge in [-0.25, -0.2) is 0 Å². The Morgan fingerprint density at radius 2 is 2.20 bits per heavy atom. The molecule has 0 aliphatic heterocycles. The van der Waals surface area contributed by atoms with E-state index < -0.39 is 0 Å². The number of rotatable bonds is 3. The monoisotopic (exact) mass is 206 g/mol. The summed E-state index contributed by atoms with van der Waals surface area (Å²) in [6.45, 7) is 4.12. The van der Waals surface area contributed by atoms with E-state index in [2.05, 4.69) is 18.9 Å². The predicted molar refractivity (Wildman–Crippen MR) is 58.7 cm³/mol. The topological polar surface area (TPSA) is 34.9 Å². The second-order valence-electron chi connectivity index (χ2n) is 5.08. The van der Waals surface area contributed by atoms with Crippen molar-refractivity contribution in [1.29, 1.82) is 0 Å². The van der Waals surface area contributed by atoms with Gasteiger partial charge in [0.15, 0.2) is 5.78 Å². The zero-order chi connectivity index (χ0) is 11.1. The summed E-state index contributed by atoms with van der Waals surface area (Å²) in [5.41, 5.74) is 0.524. The molecule has 3 nitrogen and oxygen atoms in total. The number of Topliss-reactive ketones (excluding diaryl/α,β-unsaturated/α-hetero) is 1. The van der Waals surface area contributed by atoms with Crippen molar-refractivity contribution < 1.29 is 4.79 Å². The van der Waals surface area contributed by atoms with Crippen LogP contribution in [0.4, 0.5) is 0 Å². The SMILES string of the molecule is Cn1cc(C(=O)C(C)(C)C2CCC2)cn1. The third-order valence-corrected chi connectivity index (χ3v) is 3.68. The van der Waals surface area contributed by atoms with Crippen LogP contribution < -0.4 is 0 Å². The number of ketones is 1. The minimum atomic E-state index is -0.221. The van der Waals surface area contributed by atoms with E-state index in [4.69, 9.17) is 0 Å². The van der Waals surface area contributed by atoms with Crippen molar-refractivity contribution in [2.75, 3.05) is 0 Å². The molecule has 0 radical (unpaired) electrons. The van der Waals surface area contributed by atoms with Crippen LogP contribution in [0.2, 0.25) is 0 Å². The molecule has 3 heteroatoms. The molecular weight excluding hydrogens is 188 g/mol. The zero-order valence-electron chi connectivity index (χ0n) is 9.66. The molecule has 1 fully saturated rings. The molecular formula is C12H18N2O. The lowest BCUT2D eigenvalue weighted by Crippen LogP contribution is -2.36. The smallest absolute Gasteiger partial charge is 0.171 e. The summed E-state index contributed by atoms with van der Waals surface area (Å²) in [5, 5.41) is 4.05. The van der Waals surface area contributed by atoms with Crippen molar-refractivity contribution in [3.8, 4) is 0 Å². The Kier molecular flexibility index (Phi) is 2.41. The fraction of sp³-hybridized carbons (Fsp3) is 0.667. The first-order valence-electron chi connectivity index (χ1n) is 5.55. The molecule has 0 atom stereocenters. The minimum absolute atomic E-state index is 0.221. The number of carbonyl (C=O) groups is 1. The lowest BCUT2D eigenvalue weighted by molar-refractivity contribution is 0.0621. The van der Waals surface area contributed by atoms with E-state index >= 15 is 0 Å². The molecule has 0 amide bonds. The molecule has 0 N–H and O–H groups in total. The summed E-state index contributed by atoms with van der Waals surface area (Å²) in [6, 6.07) is 0. The number of nitrogens with zero attached hydrogens (tertiary/aromatic N) is 2. The average Bonchev–Trinajstić information content (AvgIpc) is 2.46. The van der Waals surface area contributed by atoms with Crippen LogP contribution in [0.25, 0.3) is 0 Å². The zero-order valence-corrected chi connectivity index (χ0v) is 9.66. The molecule has 0 bridgehead atoms. The molecule has 1 saturated carbocycles. The first-order valence-corrected chi connectivity index (χ1v) is 5.55. The molecule has 82 valence electrons. The number of carbonyl (C=O) groups excluding carboxylic acids is 1. The second kappa shape index (κ2) is 3.47. The fourth-order valence-corrected chi connectivity index (χ4v) is 2.23. The largest absolute Gasteiger partial charge is 0.293 e. The van der Waals surface area contributed by atoms with Gasteiger partial charge in [0, 0.05) is 18.7 Å². The molecule has 1 heterocycles. The van der Waals surface area contributed by atoms with Gasteiger partial charge < -0.3 is 0 Å². The molecule has 0 unspecified atom stereocenters. The van der Waals surface area contributed by atoms with Crippen molar-refractivity contribution in [3.63, 3.8) is 0 Å². The predicted octanol–water partition coefficient (Wildman–Crippen LogP) is 2.43. The molecule has 1 aromatic heterocycles.